The molecule has 0 aliphatic heterocycles. The number of hydrogen-bond acceptors (Lipinski definition) is 7. The molecule has 1 aromatic carbocycles. The summed E-state index contributed by atoms with van der Waals surface area (Å²) in [6.07, 6.45) is 6.43. The number of aryl methyl sites for hydroxylation is 1. The lowest BCUT2D eigenvalue weighted by Gasteiger charge is -2.26. The third-order valence-electron chi connectivity index (χ3n) is 7.53. The number of rotatable bonds is 5. The second-order valence-electron chi connectivity index (χ2n) is 11.8. The summed E-state index contributed by atoms with van der Waals surface area (Å²) in [6.45, 7) is 12.2. The number of carbonyl (C=O) groups excluding carboxylic acids is 1. The van der Waals surface area contributed by atoms with Gasteiger partial charge in [-0.25, -0.2) is 9.97 Å². The van der Waals surface area contributed by atoms with Gasteiger partial charge in [-0.1, -0.05) is 51.6 Å². The van der Waals surface area contributed by atoms with Crippen LogP contribution in [-0.4, -0.2) is 40.8 Å². The molecule has 0 fully saturated rings. The third-order valence-corrected chi connectivity index (χ3v) is 7.53. The number of nitrogens with one attached hydrogen (secondary N) is 2. The van der Waals surface area contributed by atoms with E-state index in [1.165, 1.54) is 5.56 Å². The first-order valence-electron chi connectivity index (χ1n) is 13.8. The Morgan fingerprint density at radius 1 is 1.17 bits per heavy atom. The highest BCUT2D eigenvalue weighted by atomic mass is 16.5. The number of aromatic amines is 1. The fourth-order valence-electron chi connectivity index (χ4n) is 5.43. The number of aromatic nitrogens is 7. The van der Waals surface area contributed by atoms with E-state index in [9.17, 15) is 4.79 Å². The first kappa shape index (κ1) is 28.2. The topological polar surface area (TPSA) is 127 Å². The predicted octanol–water partition coefficient (Wildman–Crippen LogP) is 6.50. The van der Waals surface area contributed by atoms with Crippen molar-refractivity contribution in [1.29, 1.82) is 0 Å². The number of imidazole rings is 1. The number of hydrogen-bond donors (Lipinski definition) is 2. The maximum Gasteiger partial charge on any atom is 0.293 e. The molecule has 2 N–H and O–H groups in total. The van der Waals surface area contributed by atoms with Crippen LogP contribution in [0.1, 0.15) is 100 Å². The molecule has 0 saturated carbocycles. The minimum Gasteiger partial charge on any atom is -0.342 e. The van der Waals surface area contributed by atoms with Gasteiger partial charge in [-0.3, -0.25) is 9.48 Å². The average Bonchev–Trinajstić information content (AvgIpc) is 3.66. The van der Waals surface area contributed by atoms with Crippen molar-refractivity contribution in [2.45, 2.75) is 85.7 Å². The zero-order valence-electron chi connectivity index (χ0n) is 23.7. The van der Waals surface area contributed by atoms with Crippen LogP contribution in [0, 0.1) is 6.92 Å². The summed E-state index contributed by atoms with van der Waals surface area (Å²) in [5, 5.41) is 11.6. The number of H-pyrrole nitrogens is 1. The van der Waals surface area contributed by atoms with E-state index in [4.69, 9.17) is 9.51 Å². The van der Waals surface area contributed by atoms with Gasteiger partial charge < -0.3 is 14.8 Å². The Morgan fingerprint density at radius 2 is 1.98 bits per heavy atom. The Balaban J connectivity index is 0.00000337. The molecule has 10 nitrogen and oxygen atoms in total. The number of carbonyl (C=O) groups is 1. The maximum absolute atomic E-state index is 13.0. The molecule has 0 spiro atoms. The fraction of sp³-hybridized carbons (Fsp3) is 0.419. The quantitative estimate of drug-likeness (QED) is 0.254. The minimum atomic E-state index is -0.321. The molecule has 1 aliphatic carbocycles. The van der Waals surface area contributed by atoms with Crippen LogP contribution in [0.4, 0.5) is 0 Å². The molecular formula is C31H38N8O2. The number of benzene rings is 1. The van der Waals surface area contributed by atoms with Gasteiger partial charge in [0.25, 0.3) is 11.7 Å². The van der Waals surface area contributed by atoms with Gasteiger partial charge >= 0.3 is 0 Å². The van der Waals surface area contributed by atoms with Crippen molar-refractivity contribution >= 4 is 17.1 Å². The van der Waals surface area contributed by atoms with Crippen LogP contribution in [0.2, 0.25) is 0 Å². The Labute approximate surface area is 240 Å². The second-order valence-corrected chi connectivity index (χ2v) is 11.8. The van der Waals surface area contributed by atoms with Gasteiger partial charge in [0, 0.05) is 28.9 Å². The molecule has 4 aromatic heterocycles. The van der Waals surface area contributed by atoms with Gasteiger partial charge in [0.2, 0.25) is 5.89 Å². The lowest BCUT2D eigenvalue weighted by Crippen LogP contribution is -2.31. The van der Waals surface area contributed by atoms with Gasteiger partial charge in [-0.2, -0.15) is 10.1 Å². The number of pyridine rings is 1. The Bertz CT molecular complexity index is 1720. The highest BCUT2D eigenvalue weighted by Gasteiger charge is 2.28. The van der Waals surface area contributed by atoms with Gasteiger partial charge in [0.1, 0.15) is 5.82 Å². The molecule has 5 aromatic rings. The van der Waals surface area contributed by atoms with Crippen molar-refractivity contribution in [2.75, 3.05) is 0 Å². The highest BCUT2D eigenvalue weighted by Crippen LogP contribution is 2.35. The van der Waals surface area contributed by atoms with Gasteiger partial charge in [-0.05, 0) is 62.8 Å². The molecule has 0 saturated heterocycles. The summed E-state index contributed by atoms with van der Waals surface area (Å²) in [7, 11) is 0. The number of nitrogens with zero attached hydrogens (tertiary/aromatic N) is 6. The van der Waals surface area contributed by atoms with E-state index in [0.717, 1.165) is 58.6 Å². The molecule has 0 radical (unpaired) electrons. The molecule has 0 unspecified atom stereocenters. The van der Waals surface area contributed by atoms with Crippen LogP contribution in [-0.2, 0) is 11.8 Å². The summed E-state index contributed by atoms with van der Waals surface area (Å²) < 4.78 is 7.31. The monoisotopic (exact) mass is 554 g/mol. The average molecular weight is 555 g/mol. The predicted molar refractivity (Wildman–Crippen MR) is 159 cm³/mol. The lowest BCUT2D eigenvalue weighted by molar-refractivity contribution is 0.0919. The summed E-state index contributed by atoms with van der Waals surface area (Å²) in [4.78, 5) is 30.1. The standard InChI is InChI=1S/C30H34N8O2.CH4/c1-16(2)38-17(3)22(15-32-38)25-34-24-21(12-13-31-26(24)35-25)19-10-11-20-18(14-19)8-7-9-23(20)33-28(39)27-36-29(40-37-27)30(4,5)6;/h10-16,23H,7-9H2,1-6H3,(H,33,39)(H,31,34,35);1H4/t23-;/m0./s1. The Kier molecular flexibility index (Phi) is 7.27. The summed E-state index contributed by atoms with van der Waals surface area (Å²) in [6, 6.07) is 8.61. The molecule has 0 bridgehead atoms. The fourth-order valence-corrected chi connectivity index (χ4v) is 5.43. The van der Waals surface area contributed by atoms with Crippen LogP contribution < -0.4 is 5.32 Å². The zero-order chi connectivity index (χ0) is 28.2. The third kappa shape index (κ3) is 5.14. The maximum atomic E-state index is 13.0. The normalized spacial score (nSPS) is 15.1. The van der Waals surface area contributed by atoms with Crippen molar-refractivity contribution in [1.82, 2.24) is 40.2 Å². The summed E-state index contributed by atoms with van der Waals surface area (Å²) in [5.74, 6) is 0.951. The van der Waals surface area contributed by atoms with Gasteiger partial charge in [0.05, 0.1) is 23.3 Å². The molecular weight excluding hydrogens is 516 g/mol. The molecule has 1 atom stereocenters. The molecule has 1 aliphatic rings. The molecule has 214 valence electrons. The smallest absolute Gasteiger partial charge is 0.293 e. The van der Waals surface area contributed by atoms with E-state index >= 15 is 0 Å². The van der Waals surface area contributed by atoms with Crippen LogP contribution in [0.5, 0.6) is 0 Å². The summed E-state index contributed by atoms with van der Waals surface area (Å²) in [5.41, 5.74) is 7.73. The van der Waals surface area contributed by atoms with Crippen molar-refractivity contribution in [2.24, 2.45) is 0 Å². The van der Waals surface area contributed by atoms with Crippen LogP contribution in [0.3, 0.4) is 0 Å². The van der Waals surface area contributed by atoms with E-state index in [1.54, 1.807) is 6.20 Å². The van der Waals surface area contributed by atoms with E-state index in [1.807, 2.05) is 37.7 Å². The number of amides is 1. The van der Waals surface area contributed by atoms with Crippen molar-refractivity contribution in [3.05, 3.63) is 65.2 Å². The van der Waals surface area contributed by atoms with Gasteiger partial charge in [-0.15, -0.1) is 0 Å². The summed E-state index contributed by atoms with van der Waals surface area (Å²) >= 11 is 0. The van der Waals surface area contributed by atoms with Crippen LogP contribution >= 0.6 is 0 Å². The van der Waals surface area contributed by atoms with Crippen molar-refractivity contribution < 1.29 is 9.32 Å². The highest BCUT2D eigenvalue weighted by molar-refractivity contribution is 5.92. The zero-order valence-corrected chi connectivity index (χ0v) is 23.7. The van der Waals surface area contributed by atoms with E-state index in [0.29, 0.717) is 11.5 Å². The van der Waals surface area contributed by atoms with E-state index in [-0.39, 0.29) is 36.7 Å². The Morgan fingerprint density at radius 3 is 2.68 bits per heavy atom. The lowest BCUT2D eigenvalue weighted by atomic mass is 9.85. The van der Waals surface area contributed by atoms with Crippen molar-refractivity contribution in [3.63, 3.8) is 0 Å². The molecule has 6 rings (SSSR count). The van der Waals surface area contributed by atoms with Crippen LogP contribution in [0.15, 0.2) is 41.2 Å². The Hall–Kier alpha value is -4.34. The molecule has 10 heteroatoms. The number of fused-ring (bicyclic) bond motifs is 2. The minimum absolute atomic E-state index is 0. The van der Waals surface area contributed by atoms with E-state index in [2.05, 4.69) is 69.5 Å². The van der Waals surface area contributed by atoms with Crippen molar-refractivity contribution in [3.8, 4) is 22.5 Å². The molecule has 41 heavy (non-hydrogen) atoms. The first-order chi connectivity index (χ1) is 19.1. The van der Waals surface area contributed by atoms with E-state index < -0.39 is 0 Å². The molecule has 4 heterocycles. The van der Waals surface area contributed by atoms with Crippen LogP contribution in [0.25, 0.3) is 33.7 Å². The largest absolute Gasteiger partial charge is 0.342 e. The van der Waals surface area contributed by atoms with Gasteiger partial charge in [0.15, 0.2) is 5.65 Å². The first-order valence-corrected chi connectivity index (χ1v) is 13.8. The molecule has 1 amide bonds. The second kappa shape index (κ2) is 10.6. The SMILES string of the molecule is C.Cc1c(-c2nc3nccc(-c4ccc5c(c4)CCC[C@@H]5NC(=O)c4noc(C(C)(C)C)n4)c3[nH]2)cnn1C(C)C.